The van der Waals surface area contributed by atoms with Crippen LogP contribution in [0.25, 0.3) is 0 Å². The number of halogens is 1. The van der Waals surface area contributed by atoms with Gasteiger partial charge in [0.2, 0.25) is 0 Å². The third-order valence-corrected chi connectivity index (χ3v) is 3.28. The molecule has 2 rings (SSSR count). The molecule has 2 aromatic carbocycles. The number of carbonyl (C=O) groups is 1. The minimum absolute atomic E-state index is 0.232. The predicted octanol–water partition coefficient (Wildman–Crippen LogP) is 2.43. The SMILES string of the molecule is NC(=S)c1cccc(C(=O)NCCc2ccccc2F)c1. The Morgan fingerprint density at radius 3 is 2.57 bits per heavy atom. The van der Waals surface area contributed by atoms with Gasteiger partial charge in [0.25, 0.3) is 5.91 Å². The fourth-order valence-corrected chi connectivity index (χ4v) is 2.05. The van der Waals surface area contributed by atoms with Gasteiger partial charge in [0.1, 0.15) is 10.8 Å². The molecule has 0 radical (unpaired) electrons. The van der Waals surface area contributed by atoms with Crippen LogP contribution in [-0.4, -0.2) is 17.4 Å². The topological polar surface area (TPSA) is 55.1 Å². The molecule has 2 aromatic rings. The number of benzene rings is 2. The molecule has 3 N–H and O–H groups in total. The van der Waals surface area contributed by atoms with Crippen molar-refractivity contribution in [3.63, 3.8) is 0 Å². The standard InChI is InChI=1S/C16H15FN2OS/c17-14-7-2-1-4-11(14)8-9-19-16(20)13-6-3-5-12(10-13)15(18)21/h1-7,10H,8-9H2,(H2,18,21)(H,19,20). The lowest BCUT2D eigenvalue weighted by atomic mass is 10.1. The number of rotatable bonds is 5. The summed E-state index contributed by atoms with van der Waals surface area (Å²) in [4.78, 5) is 12.3. The van der Waals surface area contributed by atoms with Crippen LogP contribution in [0.15, 0.2) is 48.5 Å². The first kappa shape index (κ1) is 15.1. The molecule has 0 aliphatic rings. The molecule has 5 heteroatoms. The summed E-state index contributed by atoms with van der Waals surface area (Å²) in [5.41, 5.74) is 7.24. The van der Waals surface area contributed by atoms with Gasteiger partial charge < -0.3 is 11.1 Å². The Bertz CT molecular complexity index is 673. The van der Waals surface area contributed by atoms with Crippen LogP contribution in [0, 0.1) is 5.82 Å². The highest BCUT2D eigenvalue weighted by molar-refractivity contribution is 7.80. The Labute approximate surface area is 128 Å². The molecular formula is C16H15FN2OS. The Hall–Kier alpha value is -2.27. The number of thiocarbonyl (C=S) groups is 1. The molecule has 0 heterocycles. The molecule has 0 spiro atoms. The molecule has 0 aliphatic heterocycles. The van der Waals surface area contributed by atoms with Crippen molar-refractivity contribution in [2.75, 3.05) is 6.54 Å². The first-order chi connectivity index (χ1) is 10.1. The molecule has 0 atom stereocenters. The zero-order valence-electron chi connectivity index (χ0n) is 11.3. The molecule has 108 valence electrons. The molecule has 3 nitrogen and oxygen atoms in total. The summed E-state index contributed by atoms with van der Waals surface area (Å²) < 4.78 is 13.4. The normalized spacial score (nSPS) is 10.1. The smallest absolute Gasteiger partial charge is 0.251 e. The fraction of sp³-hybridized carbons (Fsp3) is 0.125. The third-order valence-electron chi connectivity index (χ3n) is 3.05. The number of amides is 1. The van der Waals surface area contributed by atoms with Gasteiger partial charge in [-0.3, -0.25) is 4.79 Å². The maximum atomic E-state index is 13.4. The zero-order valence-corrected chi connectivity index (χ0v) is 12.1. The van der Waals surface area contributed by atoms with Crippen molar-refractivity contribution in [1.82, 2.24) is 5.32 Å². The molecule has 0 fully saturated rings. The van der Waals surface area contributed by atoms with Gasteiger partial charge >= 0.3 is 0 Å². The van der Waals surface area contributed by atoms with E-state index in [1.807, 2.05) is 0 Å². The second-order valence-corrected chi connectivity index (χ2v) is 4.98. The lowest BCUT2D eigenvalue weighted by molar-refractivity contribution is 0.0954. The first-order valence-electron chi connectivity index (χ1n) is 6.49. The van der Waals surface area contributed by atoms with Crippen molar-refractivity contribution in [3.8, 4) is 0 Å². The van der Waals surface area contributed by atoms with E-state index in [1.165, 1.54) is 6.07 Å². The van der Waals surface area contributed by atoms with E-state index in [4.69, 9.17) is 18.0 Å². The first-order valence-corrected chi connectivity index (χ1v) is 6.90. The van der Waals surface area contributed by atoms with Crippen LogP contribution in [0.3, 0.4) is 0 Å². The molecule has 0 bridgehead atoms. The monoisotopic (exact) mass is 302 g/mol. The average molecular weight is 302 g/mol. The van der Waals surface area contributed by atoms with Gasteiger partial charge in [0, 0.05) is 17.7 Å². The number of nitrogens with two attached hydrogens (primary N) is 1. The highest BCUT2D eigenvalue weighted by atomic mass is 32.1. The van der Waals surface area contributed by atoms with Crippen LogP contribution in [0.2, 0.25) is 0 Å². The van der Waals surface area contributed by atoms with Gasteiger partial charge in [-0.1, -0.05) is 42.5 Å². The highest BCUT2D eigenvalue weighted by Gasteiger charge is 2.07. The second-order valence-electron chi connectivity index (χ2n) is 4.54. The zero-order chi connectivity index (χ0) is 15.2. The maximum absolute atomic E-state index is 13.4. The number of nitrogens with one attached hydrogen (secondary N) is 1. The minimum atomic E-state index is -0.262. The van der Waals surface area contributed by atoms with Crippen molar-refractivity contribution in [3.05, 3.63) is 71.0 Å². The predicted molar refractivity (Wildman–Crippen MR) is 84.8 cm³/mol. The van der Waals surface area contributed by atoms with E-state index < -0.39 is 0 Å². The van der Waals surface area contributed by atoms with Crippen LogP contribution in [0.5, 0.6) is 0 Å². The lowest BCUT2D eigenvalue weighted by Gasteiger charge is -2.07. The summed E-state index contributed by atoms with van der Waals surface area (Å²) in [5, 5.41) is 2.75. The Kier molecular flexibility index (Phi) is 5.00. The number of hydrogen-bond acceptors (Lipinski definition) is 2. The molecule has 0 saturated carbocycles. The summed E-state index contributed by atoms with van der Waals surface area (Å²) in [6.45, 7) is 0.358. The molecular weight excluding hydrogens is 287 g/mol. The summed E-state index contributed by atoms with van der Waals surface area (Å²) in [7, 11) is 0. The molecule has 21 heavy (non-hydrogen) atoms. The van der Waals surface area contributed by atoms with Crippen LogP contribution in [0.4, 0.5) is 4.39 Å². The van der Waals surface area contributed by atoms with Gasteiger partial charge in [-0.05, 0) is 30.2 Å². The third kappa shape index (κ3) is 4.10. The molecule has 0 aliphatic carbocycles. The van der Waals surface area contributed by atoms with Crippen molar-refractivity contribution in [2.45, 2.75) is 6.42 Å². The molecule has 0 unspecified atom stereocenters. The van der Waals surface area contributed by atoms with E-state index in [2.05, 4.69) is 5.32 Å². The van der Waals surface area contributed by atoms with Crippen LogP contribution < -0.4 is 11.1 Å². The van der Waals surface area contributed by atoms with Crippen molar-refractivity contribution >= 4 is 23.1 Å². The number of carbonyl (C=O) groups excluding carboxylic acids is 1. The van der Waals surface area contributed by atoms with Crippen molar-refractivity contribution in [2.24, 2.45) is 5.73 Å². The average Bonchev–Trinajstić information content (AvgIpc) is 2.49. The van der Waals surface area contributed by atoms with Crippen molar-refractivity contribution in [1.29, 1.82) is 0 Å². The summed E-state index contributed by atoms with van der Waals surface area (Å²) >= 11 is 4.88. The van der Waals surface area contributed by atoms with Gasteiger partial charge in [-0.15, -0.1) is 0 Å². The largest absolute Gasteiger partial charge is 0.389 e. The Morgan fingerprint density at radius 1 is 1.14 bits per heavy atom. The van der Waals surface area contributed by atoms with Gasteiger partial charge in [-0.25, -0.2) is 4.39 Å². The van der Waals surface area contributed by atoms with Crippen molar-refractivity contribution < 1.29 is 9.18 Å². The van der Waals surface area contributed by atoms with E-state index in [0.717, 1.165) is 0 Å². The fourth-order valence-electron chi connectivity index (χ4n) is 1.93. The van der Waals surface area contributed by atoms with Gasteiger partial charge in [0.15, 0.2) is 0 Å². The highest BCUT2D eigenvalue weighted by Crippen LogP contribution is 2.07. The van der Waals surface area contributed by atoms with E-state index in [1.54, 1.807) is 42.5 Å². The lowest BCUT2D eigenvalue weighted by Crippen LogP contribution is -2.26. The summed E-state index contributed by atoms with van der Waals surface area (Å²) in [5.74, 6) is -0.494. The van der Waals surface area contributed by atoms with E-state index >= 15 is 0 Å². The van der Waals surface area contributed by atoms with Crippen LogP contribution in [-0.2, 0) is 6.42 Å². The molecule has 0 saturated heterocycles. The maximum Gasteiger partial charge on any atom is 0.251 e. The Balaban J connectivity index is 1.95. The summed E-state index contributed by atoms with van der Waals surface area (Å²) in [6, 6.07) is 13.3. The van der Waals surface area contributed by atoms with Crippen LogP contribution in [0.1, 0.15) is 21.5 Å². The van der Waals surface area contributed by atoms with E-state index in [-0.39, 0.29) is 16.7 Å². The van der Waals surface area contributed by atoms with E-state index in [9.17, 15) is 9.18 Å². The molecule has 0 aromatic heterocycles. The minimum Gasteiger partial charge on any atom is -0.389 e. The second kappa shape index (κ2) is 6.95. The van der Waals surface area contributed by atoms with Crippen LogP contribution >= 0.6 is 12.2 Å². The number of hydrogen-bond donors (Lipinski definition) is 2. The molecule has 1 amide bonds. The van der Waals surface area contributed by atoms with E-state index in [0.29, 0.717) is 29.7 Å². The quantitative estimate of drug-likeness (QED) is 0.834. The van der Waals surface area contributed by atoms with Gasteiger partial charge in [0.05, 0.1) is 0 Å². The Morgan fingerprint density at radius 2 is 1.86 bits per heavy atom. The van der Waals surface area contributed by atoms with Gasteiger partial charge in [-0.2, -0.15) is 0 Å². The summed E-state index contributed by atoms with van der Waals surface area (Å²) in [6.07, 6.45) is 0.438.